The van der Waals surface area contributed by atoms with E-state index in [0.717, 1.165) is 0 Å². The third-order valence-corrected chi connectivity index (χ3v) is 2.57. The minimum atomic E-state index is -2.50. The van der Waals surface area contributed by atoms with Crippen LogP contribution < -0.4 is 5.73 Å². The Balaban J connectivity index is 3.78. The number of thiocarbonyl (C=S) groups is 1. The number of nitrogens with zero attached hydrogens (tertiary/aromatic N) is 1. The second-order valence-corrected chi connectivity index (χ2v) is 4.27. The Morgan fingerprint density at radius 3 is 2.59 bits per heavy atom. The molecular weight excluding hydrogens is 250 g/mol. The topological polar surface area (TPSA) is 55.6 Å². The molecule has 0 aliphatic rings. The van der Waals surface area contributed by atoms with Gasteiger partial charge < -0.3 is 15.4 Å². The van der Waals surface area contributed by atoms with Crippen LogP contribution in [0.15, 0.2) is 0 Å². The summed E-state index contributed by atoms with van der Waals surface area (Å²) in [7, 11) is 1.62. The molecule has 0 aromatic carbocycles. The smallest absolute Gasteiger partial charge is 0.261 e. The maximum Gasteiger partial charge on any atom is 0.261 e. The zero-order valence-corrected chi connectivity index (χ0v) is 10.8. The summed E-state index contributed by atoms with van der Waals surface area (Å²) in [6.07, 6.45) is -2.43. The quantitative estimate of drug-likeness (QED) is 0.528. The van der Waals surface area contributed by atoms with E-state index in [1.165, 1.54) is 4.90 Å². The summed E-state index contributed by atoms with van der Waals surface area (Å²) >= 11 is 4.79. The molecule has 100 valence electrons. The van der Waals surface area contributed by atoms with Crippen LogP contribution in [0, 0.1) is 5.92 Å². The molecule has 0 rings (SSSR count). The standard InChI is InChI=1S/C10H18F2N2O2S/c1-7(10(13)17)5-14(2)9(15)3-4-16-6-8(11)12/h7-8H,3-6H2,1-2H3,(H2,13,17). The van der Waals surface area contributed by atoms with E-state index in [9.17, 15) is 13.6 Å². The van der Waals surface area contributed by atoms with Gasteiger partial charge in [-0.25, -0.2) is 8.78 Å². The number of halogens is 2. The number of amides is 1. The number of carbonyl (C=O) groups excluding carboxylic acids is 1. The van der Waals surface area contributed by atoms with E-state index in [1.54, 1.807) is 7.05 Å². The summed E-state index contributed by atoms with van der Waals surface area (Å²) in [6.45, 7) is 1.59. The van der Waals surface area contributed by atoms with Crippen molar-refractivity contribution in [2.75, 3.05) is 26.8 Å². The second kappa shape index (κ2) is 8.30. The maximum atomic E-state index is 11.7. The number of ether oxygens (including phenoxy) is 1. The van der Waals surface area contributed by atoms with Crippen molar-refractivity contribution in [1.82, 2.24) is 4.90 Å². The zero-order chi connectivity index (χ0) is 13.4. The molecule has 0 heterocycles. The first kappa shape index (κ1) is 16.2. The molecule has 0 saturated carbocycles. The van der Waals surface area contributed by atoms with Gasteiger partial charge >= 0.3 is 0 Å². The van der Waals surface area contributed by atoms with Crippen LogP contribution in [-0.2, 0) is 9.53 Å². The van der Waals surface area contributed by atoms with Gasteiger partial charge in [0.1, 0.15) is 6.61 Å². The van der Waals surface area contributed by atoms with Crippen LogP contribution in [0.3, 0.4) is 0 Å². The van der Waals surface area contributed by atoms with Crippen molar-refractivity contribution in [3.05, 3.63) is 0 Å². The number of nitrogens with two attached hydrogens (primary N) is 1. The lowest BCUT2D eigenvalue weighted by Gasteiger charge is -2.20. The summed E-state index contributed by atoms with van der Waals surface area (Å²) in [6, 6.07) is 0. The van der Waals surface area contributed by atoms with Crippen molar-refractivity contribution in [3.63, 3.8) is 0 Å². The fraction of sp³-hybridized carbons (Fsp3) is 0.800. The van der Waals surface area contributed by atoms with Crippen LogP contribution in [0.4, 0.5) is 8.78 Å². The monoisotopic (exact) mass is 268 g/mol. The number of hydrogen-bond donors (Lipinski definition) is 1. The molecule has 7 heteroatoms. The highest BCUT2D eigenvalue weighted by Crippen LogP contribution is 2.01. The Bertz CT molecular complexity index is 265. The fourth-order valence-electron chi connectivity index (χ4n) is 1.13. The van der Waals surface area contributed by atoms with Gasteiger partial charge in [-0.3, -0.25) is 4.79 Å². The summed E-state index contributed by atoms with van der Waals surface area (Å²) in [4.78, 5) is 13.3. The van der Waals surface area contributed by atoms with Crippen LogP contribution in [0.2, 0.25) is 0 Å². The summed E-state index contributed by atoms with van der Waals surface area (Å²) in [5, 5.41) is 0. The average molecular weight is 268 g/mol. The number of carbonyl (C=O) groups is 1. The van der Waals surface area contributed by atoms with Gasteiger partial charge in [0.05, 0.1) is 18.0 Å². The lowest BCUT2D eigenvalue weighted by molar-refractivity contribution is -0.131. The second-order valence-electron chi connectivity index (χ2n) is 3.79. The van der Waals surface area contributed by atoms with Crippen molar-refractivity contribution in [1.29, 1.82) is 0 Å². The van der Waals surface area contributed by atoms with Crippen LogP contribution in [0.5, 0.6) is 0 Å². The number of alkyl halides is 2. The SMILES string of the molecule is CC(CN(C)C(=O)CCOCC(F)F)C(N)=S. The predicted octanol–water partition coefficient (Wildman–Crippen LogP) is 1.04. The van der Waals surface area contributed by atoms with E-state index in [2.05, 4.69) is 4.74 Å². The third kappa shape index (κ3) is 7.98. The Labute approximate surface area is 105 Å². The normalized spacial score (nSPS) is 12.5. The number of rotatable bonds is 8. The Morgan fingerprint density at radius 1 is 1.53 bits per heavy atom. The molecule has 0 bridgehead atoms. The first-order valence-corrected chi connectivity index (χ1v) is 5.64. The van der Waals surface area contributed by atoms with Crippen LogP contribution >= 0.6 is 12.2 Å². The lowest BCUT2D eigenvalue weighted by atomic mass is 10.1. The molecule has 1 unspecified atom stereocenters. The van der Waals surface area contributed by atoms with Gasteiger partial charge in [-0.05, 0) is 0 Å². The molecule has 17 heavy (non-hydrogen) atoms. The Hall–Kier alpha value is -0.820. The van der Waals surface area contributed by atoms with Crippen molar-refractivity contribution in [2.45, 2.75) is 19.8 Å². The number of hydrogen-bond acceptors (Lipinski definition) is 3. The maximum absolute atomic E-state index is 11.7. The van der Waals surface area contributed by atoms with E-state index in [4.69, 9.17) is 18.0 Å². The first-order valence-electron chi connectivity index (χ1n) is 5.23. The molecular formula is C10H18F2N2O2S. The summed E-state index contributed by atoms with van der Waals surface area (Å²) in [5.74, 6) is -0.247. The average Bonchev–Trinajstić information content (AvgIpc) is 2.23. The van der Waals surface area contributed by atoms with Crippen LogP contribution in [-0.4, -0.2) is 49.0 Å². The minimum absolute atomic E-state index is 0.00499. The van der Waals surface area contributed by atoms with Gasteiger partial charge in [-0.2, -0.15) is 0 Å². The molecule has 0 aromatic heterocycles. The molecule has 0 fully saturated rings. The largest absolute Gasteiger partial charge is 0.393 e. The van der Waals surface area contributed by atoms with E-state index < -0.39 is 13.0 Å². The highest BCUT2D eigenvalue weighted by atomic mass is 32.1. The highest BCUT2D eigenvalue weighted by Gasteiger charge is 2.14. The molecule has 0 radical (unpaired) electrons. The molecule has 1 amide bonds. The lowest BCUT2D eigenvalue weighted by Crippen LogP contribution is -2.35. The molecule has 0 aliphatic heterocycles. The van der Waals surface area contributed by atoms with Crippen molar-refractivity contribution < 1.29 is 18.3 Å². The van der Waals surface area contributed by atoms with Gasteiger partial charge in [-0.15, -0.1) is 0 Å². The molecule has 4 nitrogen and oxygen atoms in total. The Kier molecular flexibility index (Phi) is 7.90. The van der Waals surface area contributed by atoms with Crippen molar-refractivity contribution >= 4 is 23.1 Å². The molecule has 0 aliphatic carbocycles. The predicted molar refractivity (Wildman–Crippen MR) is 65.0 cm³/mol. The fourth-order valence-corrected chi connectivity index (χ4v) is 1.20. The van der Waals surface area contributed by atoms with E-state index in [1.807, 2.05) is 6.92 Å². The van der Waals surface area contributed by atoms with Gasteiger partial charge in [0.25, 0.3) is 6.43 Å². The van der Waals surface area contributed by atoms with E-state index in [0.29, 0.717) is 11.5 Å². The zero-order valence-electron chi connectivity index (χ0n) is 9.99. The molecule has 1 atom stereocenters. The van der Waals surface area contributed by atoms with Gasteiger partial charge in [0.15, 0.2) is 0 Å². The third-order valence-electron chi connectivity index (χ3n) is 2.16. The van der Waals surface area contributed by atoms with Crippen LogP contribution in [0.25, 0.3) is 0 Å². The first-order chi connectivity index (χ1) is 7.84. The molecule has 2 N–H and O–H groups in total. The van der Waals surface area contributed by atoms with Gasteiger partial charge in [-0.1, -0.05) is 19.1 Å². The highest BCUT2D eigenvalue weighted by molar-refractivity contribution is 7.80. The van der Waals surface area contributed by atoms with E-state index in [-0.39, 0.29) is 24.9 Å². The van der Waals surface area contributed by atoms with Gasteiger partial charge in [0.2, 0.25) is 5.91 Å². The van der Waals surface area contributed by atoms with Crippen LogP contribution in [0.1, 0.15) is 13.3 Å². The van der Waals surface area contributed by atoms with Crippen molar-refractivity contribution in [3.8, 4) is 0 Å². The minimum Gasteiger partial charge on any atom is -0.393 e. The van der Waals surface area contributed by atoms with E-state index >= 15 is 0 Å². The van der Waals surface area contributed by atoms with Gasteiger partial charge in [0, 0.05) is 19.5 Å². The molecule has 0 saturated heterocycles. The summed E-state index contributed by atoms with van der Waals surface area (Å²) in [5.41, 5.74) is 5.42. The molecule has 0 aromatic rings. The molecule has 0 spiro atoms. The summed E-state index contributed by atoms with van der Waals surface area (Å²) < 4.78 is 28.1. The Morgan fingerprint density at radius 2 is 2.12 bits per heavy atom. The van der Waals surface area contributed by atoms with Crippen molar-refractivity contribution in [2.24, 2.45) is 11.7 Å².